The molecule has 0 amide bonds. The lowest BCUT2D eigenvalue weighted by molar-refractivity contribution is -0.136. The van der Waals surface area contributed by atoms with Gasteiger partial charge in [0.25, 0.3) is 0 Å². The minimum absolute atomic E-state index is 0.00787. The summed E-state index contributed by atoms with van der Waals surface area (Å²) in [7, 11) is 0. The van der Waals surface area contributed by atoms with E-state index in [2.05, 4.69) is 20.9 Å². The summed E-state index contributed by atoms with van der Waals surface area (Å²) in [5.41, 5.74) is 0.648. The van der Waals surface area contributed by atoms with Gasteiger partial charge >= 0.3 is 5.97 Å². The second-order valence-corrected chi connectivity index (χ2v) is 4.52. The van der Waals surface area contributed by atoms with Gasteiger partial charge in [0.05, 0.1) is 12.1 Å². The van der Waals surface area contributed by atoms with Gasteiger partial charge in [-0.05, 0) is 22.9 Å². The molecule has 0 aromatic carbocycles. The minimum atomic E-state index is -0.842. The highest BCUT2D eigenvalue weighted by Crippen LogP contribution is 2.22. The predicted octanol–water partition coefficient (Wildman–Crippen LogP) is 1.84. The van der Waals surface area contributed by atoms with E-state index >= 15 is 0 Å². The maximum atomic E-state index is 10.3. The Hall–Kier alpha value is -0.420. The fraction of sp³-hybridized carbons (Fsp3) is 0.333. The molecule has 0 aliphatic rings. The summed E-state index contributed by atoms with van der Waals surface area (Å²) in [6.45, 7) is 1.86. The van der Waals surface area contributed by atoms with Crippen LogP contribution < -0.4 is 0 Å². The molecule has 0 bridgehead atoms. The number of hydrogen-bond donors (Lipinski definition) is 1. The van der Waals surface area contributed by atoms with Crippen LogP contribution in [0.3, 0.4) is 0 Å². The highest BCUT2D eigenvalue weighted by Gasteiger charge is 2.08. The van der Waals surface area contributed by atoms with Crippen molar-refractivity contribution in [1.82, 2.24) is 4.98 Å². The fourth-order valence-electron chi connectivity index (χ4n) is 0.700. The van der Waals surface area contributed by atoms with Gasteiger partial charge in [0.2, 0.25) is 0 Å². The first kappa shape index (κ1) is 8.67. The first-order chi connectivity index (χ1) is 5.09. The second-order valence-electron chi connectivity index (χ2n) is 2.04. The van der Waals surface area contributed by atoms with Crippen molar-refractivity contribution in [2.45, 2.75) is 13.3 Å². The predicted molar refractivity (Wildman–Crippen MR) is 45.9 cm³/mol. The van der Waals surface area contributed by atoms with Gasteiger partial charge in [-0.15, -0.1) is 11.3 Å². The number of aromatic nitrogens is 1. The molecule has 0 aliphatic heterocycles. The van der Waals surface area contributed by atoms with Crippen molar-refractivity contribution >= 4 is 33.2 Å². The highest BCUT2D eigenvalue weighted by atomic mass is 79.9. The quantitative estimate of drug-likeness (QED) is 0.852. The zero-order chi connectivity index (χ0) is 8.43. The van der Waals surface area contributed by atoms with E-state index in [1.54, 1.807) is 0 Å². The van der Waals surface area contributed by atoms with Crippen molar-refractivity contribution in [1.29, 1.82) is 0 Å². The molecule has 0 atom stereocenters. The van der Waals surface area contributed by atoms with Crippen molar-refractivity contribution in [3.63, 3.8) is 0 Å². The summed E-state index contributed by atoms with van der Waals surface area (Å²) in [5, 5.41) is 8.45. The molecule has 11 heavy (non-hydrogen) atoms. The van der Waals surface area contributed by atoms with E-state index in [0.717, 1.165) is 8.79 Å². The number of rotatable bonds is 2. The maximum Gasteiger partial charge on any atom is 0.309 e. The Morgan fingerprint density at radius 2 is 2.45 bits per heavy atom. The van der Waals surface area contributed by atoms with E-state index < -0.39 is 5.97 Å². The van der Waals surface area contributed by atoms with Crippen LogP contribution in [0.25, 0.3) is 0 Å². The Labute approximate surface area is 76.2 Å². The second kappa shape index (κ2) is 3.32. The van der Waals surface area contributed by atoms with Crippen LogP contribution >= 0.6 is 27.3 Å². The Morgan fingerprint density at radius 3 is 2.82 bits per heavy atom. The summed E-state index contributed by atoms with van der Waals surface area (Å²) in [6, 6.07) is 0. The van der Waals surface area contributed by atoms with Crippen molar-refractivity contribution in [3.8, 4) is 0 Å². The number of carboxylic acids is 1. The number of nitrogens with zero attached hydrogens (tertiary/aromatic N) is 1. The van der Waals surface area contributed by atoms with E-state index in [1.165, 1.54) is 11.3 Å². The van der Waals surface area contributed by atoms with Gasteiger partial charge in [-0.1, -0.05) is 0 Å². The number of aliphatic carboxylic acids is 1. The molecule has 1 N–H and O–H groups in total. The minimum Gasteiger partial charge on any atom is -0.481 e. The Balaban J connectivity index is 2.85. The number of carboxylic acid groups (broad SMARTS) is 1. The third-order valence-corrected chi connectivity index (χ3v) is 2.65. The van der Waals surface area contributed by atoms with Crippen LogP contribution in [0.4, 0.5) is 0 Å². The zero-order valence-electron chi connectivity index (χ0n) is 5.80. The Kier molecular flexibility index (Phi) is 2.62. The lowest BCUT2D eigenvalue weighted by Crippen LogP contribution is -2.01. The summed E-state index contributed by atoms with van der Waals surface area (Å²) < 4.78 is 0.742. The summed E-state index contributed by atoms with van der Waals surface area (Å²) in [5.74, 6) is -0.842. The van der Waals surface area contributed by atoms with E-state index in [-0.39, 0.29) is 6.42 Å². The zero-order valence-corrected chi connectivity index (χ0v) is 8.20. The molecule has 0 radical (unpaired) electrons. The van der Waals surface area contributed by atoms with Crippen molar-refractivity contribution < 1.29 is 9.90 Å². The van der Waals surface area contributed by atoms with E-state index in [0.29, 0.717) is 5.69 Å². The smallest absolute Gasteiger partial charge is 0.309 e. The average Bonchev–Trinajstić information content (AvgIpc) is 2.09. The molecular weight excluding hydrogens is 230 g/mol. The number of carbonyl (C=O) groups is 1. The standard InChI is InChI=1S/C6H6BrNO2S/c1-3-4(2-5(9)10)8-6(7)11-3/h2H2,1H3,(H,9,10). The molecule has 0 saturated heterocycles. The molecule has 0 fully saturated rings. The summed E-state index contributed by atoms with van der Waals surface area (Å²) in [6.07, 6.45) is 0.00787. The number of halogens is 1. The normalized spacial score (nSPS) is 10.0. The molecule has 0 aliphatic carbocycles. The summed E-state index contributed by atoms with van der Waals surface area (Å²) >= 11 is 4.64. The molecule has 60 valence electrons. The molecule has 3 nitrogen and oxygen atoms in total. The van der Waals surface area contributed by atoms with Gasteiger partial charge in [-0.25, -0.2) is 4.98 Å². The van der Waals surface area contributed by atoms with Gasteiger partial charge in [0.1, 0.15) is 0 Å². The van der Waals surface area contributed by atoms with Crippen LogP contribution in [-0.2, 0) is 11.2 Å². The number of hydrogen-bond acceptors (Lipinski definition) is 3. The number of thiazole rings is 1. The molecule has 1 heterocycles. The molecular formula is C6H6BrNO2S. The van der Waals surface area contributed by atoms with Crippen LogP contribution in [0.1, 0.15) is 10.6 Å². The van der Waals surface area contributed by atoms with Crippen molar-refractivity contribution in [2.24, 2.45) is 0 Å². The topological polar surface area (TPSA) is 50.2 Å². The van der Waals surface area contributed by atoms with Crippen LogP contribution in [0.2, 0.25) is 0 Å². The van der Waals surface area contributed by atoms with Crippen molar-refractivity contribution in [3.05, 3.63) is 14.5 Å². The maximum absolute atomic E-state index is 10.3. The lowest BCUT2D eigenvalue weighted by Gasteiger charge is -1.89. The number of aryl methyl sites for hydroxylation is 1. The first-order valence-electron chi connectivity index (χ1n) is 2.93. The van der Waals surface area contributed by atoms with Crippen LogP contribution in [0, 0.1) is 6.92 Å². The van der Waals surface area contributed by atoms with E-state index in [4.69, 9.17) is 5.11 Å². The van der Waals surface area contributed by atoms with Crippen LogP contribution in [0.5, 0.6) is 0 Å². The average molecular weight is 236 g/mol. The highest BCUT2D eigenvalue weighted by molar-refractivity contribution is 9.11. The SMILES string of the molecule is Cc1sc(Br)nc1CC(=O)O. The molecule has 0 unspecified atom stereocenters. The molecule has 5 heteroatoms. The molecule has 1 aromatic heterocycles. The molecule has 0 saturated carbocycles. The van der Waals surface area contributed by atoms with Gasteiger partial charge in [0.15, 0.2) is 3.92 Å². The van der Waals surface area contributed by atoms with Gasteiger partial charge in [-0.3, -0.25) is 4.79 Å². The molecule has 0 spiro atoms. The van der Waals surface area contributed by atoms with Crippen molar-refractivity contribution in [2.75, 3.05) is 0 Å². The van der Waals surface area contributed by atoms with Gasteiger partial charge < -0.3 is 5.11 Å². The third kappa shape index (κ3) is 2.27. The Morgan fingerprint density at radius 1 is 1.82 bits per heavy atom. The molecule has 1 rings (SSSR count). The largest absolute Gasteiger partial charge is 0.481 e. The fourth-order valence-corrected chi connectivity index (χ4v) is 2.29. The molecule has 1 aromatic rings. The van der Waals surface area contributed by atoms with Crippen LogP contribution in [0.15, 0.2) is 3.92 Å². The Bertz CT molecular complexity index is 284. The van der Waals surface area contributed by atoms with E-state index in [9.17, 15) is 4.79 Å². The van der Waals surface area contributed by atoms with Crippen LogP contribution in [-0.4, -0.2) is 16.1 Å². The lowest BCUT2D eigenvalue weighted by atomic mass is 10.3. The van der Waals surface area contributed by atoms with E-state index in [1.807, 2.05) is 6.92 Å². The van der Waals surface area contributed by atoms with Gasteiger partial charge in [-0.2, -0.15) is 0 Å². The summed E-state index contributed by atoms with van der Waals surface area (Å²) in [4.78, 5) is 15.2. The first-order valence-corrected chi connectivity index (χ1v) is 4.54. The van der Waals surface area contributed by atoms with Gasteiger partial charge in [0, 0.05) is 4.88 Å². The third-order valence-electron chi connectivity index (χ3n) is 1.19. The monoisotopic (exact) mass is 235 g/mol.